The molecule has 136 valence electrons. The van der Waals surface area contributed by atoms with Crippen molar-refractivity contribution in [2.45, 2.75) is 26.8 Å². The summed E-state index contributed by atoms with van der Waals surface area (Å²) in [5.41, 5.74) is 6.35. The quantitative estimate of drug-likeness (QED) is 0.865. The molecule has 2 amide bonds. The van der Waals surface area contributed by atoms with Gasteiger partial charge in [-0.25, -0.2) is 0 Å². The van der Waals surface area contributed by atoms with Gasteiger partial charge in [0.1, 0.15) is 0 Å². The number of hydrogen-bond acceptors (Lipinski definition) is 5. The zero-order valence-electron chi connectivity index (χ0n) is 14.9. The minimum absolute atomic E-state index is 0.0531. The fraction of sp³-hybridized carbons (Fsp3) is 0.556. The van der Waals surface area contributed by atoms with Gasteiger partial charge in [0.15, 0.2) is 11.5 Å². The van der Waals surface area contributed by atoms with Gasteiger partial charge in [-0.2, -0.15) is 0 Å². The highest BCUT2D eigenvalue weighted by Crippen LogP contribution is 2.32. The summed E-state index contributed by atoms with van der Waals surface area (Å²) in [5, 5.41) is 0. The lowest BCUT2D eigenvalue weighted by Gasteiger charge is -2.38. The van der Waals surface area contributed by atoms with E-state index in [9.17, 15) is 9.59 Å². The lowest BCUT2D eigenvalue weighted by Crippen LogP contribution is -2.56. The van der Waals surface area contributed by atoms with Gasteiger partial charge in [-0.05, 0) is 23.6 Å². The van der Waals surface area contributed by atoms with E-state index in [0.29, 0.717) is 43.2 Å². The molecule has 1 saturated heterocycles. The van der Waals surface area contributed by atoms with Crippen LogP contribution < -0.4 is 15.2 Å². The molecule has 1 fully saturated rings. The van der Waals surface area contributed by atoms with E-state index in [1.807, 2.05) is 20.8 Å². The lowest BCUT2D eigenvalue weighted by atomic mass is 9.86. The van der Waals surface area contributed by atoms with Gasteiger partial charge in [-0.3, -0.25) is 9.59 Å². The Balaban J connectivity index is 1.60. The Bertz CT molecular complexity index is 675. The van der Waals surface area contributed by atoms with Crippen molar-refractivity contribution in [3.05, 3.63) is 23.8 Å². The number of nitrogens with zero attached hydrogens (tertiary/aromatic N) is 2. The molecular formula is C18H25N3O4. The van der Waals surface area contributed by atoms with Gasteiger partial charge in [0, 0.05) is 31.7 Å². The lowest BCUT2D eigenvalue weighted by molar-refractivity contribution is -0.136. The monoisotopic (exact) mass is 347 g/mol. The SMILES string of the molecule is CC(C)(C)C(N)C(=O)N1CCN(C(=O)c2ccc3c(c2)OCO3)CC1. The number of piperazine rings is 1. The third kappa shape index (κ3) is 3.56. The second kappa shape index (κ2) is 6.55. The van der Waals surface area contributed by atoms with E-state index in [4.69, 9.17) is 15.2 Å². The summed E-state index contributed by atoms with van der Waals surface area (Å²) in [6.45, 7) is 8.03. The van der Waals surface area contributed by atoms with Crippen molar-refractivity contribution >= 4 is 11.8 Å². The summed E-state index contributed by atoms with van der Waals surface area (Å²) in [6, 6.07) is 4.65. The molecule has 3 rings (SSSR count). The van der Waals surface area contributed by atoms with Crippen LogP contribution >= 0.6 is 0 Å². The molecule has 2 N–H and O–H groups in total. The summed E-state index contributed by atoms with van der Waals surface area (Å²) >= 11 is 0. The molecule has 0 radical (unpaired) electrons. The summed E-state index contributed by atoms with van der Waals surface area (Å²) in [6.07, 6.45) is 0. The van der Waals surface area contributed by atoms with E-state index in [-0.39, 0.29) is 24.0 Å². The minimum Gasteiger partial charge on any atom is -0.454 e. The van der Waals surface area contributed by atoms with Gasteiger partial charge in [0.05, 0.1) is 6.04 Å². The van der Waals surface area contributed by atoms with E-state index in [1.165, 1.54) is 0 Å². The molecule has 0 aliphatic carbocycles. The smallest absolute Gasteiger partial charge is 0.254 e. The summed E-state index contributed by atoms with van der Waals surface area (Å²) < 4.78 is 10.6. The molecule has 1 atom stereocenters. The molecule has 2 heterocycles. The number of rotatable bonds is 2. The summed E-state index contributed by atoms with van der Waals surface area (Å²) in [7, 11) is 0. The average molecular weight is 347 g/mol. The van der Waals surface area contributed by atoms with Crippen molar-refractivity contribution in [2.75, 3.05) is 33.0 Å². The van der Waals surface area contributed by atoms with E-state index in [1.54, 1.807) is 28.0 Å². The first kappa shape index (κ1) is 17.5. The van der Waals surface area contributed by atoms with E-state index in [0.717, 1.165) is 0 Å². The average Bonchev–Trinajstić information content (AvgIpc) is 3.06. The predicted molar refractivity (Wildman–Crippen MR) is 92.5 cm³/mol. The maximum Gasteiger partial charge on any atom is 0.254 e. The van der Waals surface area contributed by atoms with Crippen molar-refractivity contribution in [3.63, 3.8) is 0 Å². The Morgan fingerprint density at radius 1 is 1.04 bits per heavy atom. The van der Waals surface area contributed by atoms with Crippen molar-refractivity contribution in [3.8, 4) is 11.5 Å². The van der Waals surface area contributed by atoms with Gasteiger partial charge in [-0.1, -0.05) is 20.8 Å². The molecule has 1 aromatic rings. The summed E-state index contributed by atoms with van der Waals surface area (Å²) in [4.78, 5) is 28.7. The molecular weight excluding hydrogens is 322 g/mol. The molecule has 2 aliphatic heterocycles. The van der Waals surface area contributed by atoms with Crippen LogP contribution in [0.1, 0.15) is 31.1 Å². The number of carbonyl (C=O) groups excluding carboxylic acids is 2. The number of carbonyl (C=O) groups is 2. The Labute approximate surface area is 147 Å². The number of amides is 2. The normalized spacial score (nSPS) is 18.2. The first-order valence-electron chi connectivity index (χ1n) is 8.50. The zero-order valence-corrected chi connectivity index (χ0v) is 14.9. The van der Waals surface area contributed by atoms with Crippen LogP contribution in [0.5, 0.6) is 11.5 Å². The van der Waals surface area contributed by atoms with Crippen molar-refractivity contribution < 1.29 is 19.1 Å². The topological polar surface area (TPSA) is 85.1 Å². The van der Waals surface area contributed by atoms with Crippen molar-refractivity contribution in [2.24, 2.45) is 11.1 Å². The molecule has 7 nitrogen and oxygen atoms in total. The minimum atomic E-state index is -0.538. The summed E-state index contributed by atoms with van der Waals surface area (Å²) in [5.74, 6) is 1.13. The third-order valence-corrected chi connectivity index (χ3v) is 4.70. The Morgan fingerprint density at radius 2 is 1.64 bits per heavy atom. The van der Waals surface area contributed by atoms with Crippen molar-refractivity contribution in [1.82, 2.24) is 9.80 Å². The zero-order chi connectivity index (χ0) is 18.2. The van der Waals surface area contributed by atoms with Gasteiger partial charge in [0.2, 0.25) is 12.7 Å². The predicted octanol–water partition coefficient (Wildman–Crippen LogP) is 1.07. The fourth-order valence-electron chi connectivity index (χ4n) is 2.91. The van der Waals surface area contributed by atoms with Gasteiger partial charge in [0.25, 0.3) is 5.91 Å². The number of fused-ring (bicyclic) bond motifs is 1. The van der Waals surface area contributed by atoms with Gasteiger partial charge < -0.3 is 25.0 Å². The largest absolute Gasteiger partial charge is 0.454 e. The van der Waals surface area contributed by atoms with Crippen LogP contribution in [0.3, 0.4) is 0 Å². The standard InChI is InChI=1S/C18H25N3O4/c1-18(2,3)15(19)17(23)21-8-6-20(7-9-21)16(22)12-4-5-13-14(10-12)25-11-24-13/h4-5,10,15H,6-9,11,19H2,1-3H3. The van der Waals surface area contributed by atoms with E-state index < -0.39 is 6.04 Å². The van der Waals surface area contributed by atoms with E-state index >= 15 is 0 Å². The molecule has 7 heteroatoms. The maximum absolute atomic E-state index is 12.7. The maximum atomic E-state index is 12.7. The van der Waals surface area contributed by atoms with Crippen LogP contribution in [-0.2, 0) is 4.79 Å². The molecule has 0 saturated carbocycles. The first-order valence-corrected chi connectivity index (χ1v) is 8.50. The highest BCUT2D eigenvalue weighted by atomic mass is 16.7. The van der Waals surface area contributed by atoms with Gasteiger partial charge in [-0.15, -0.1) is 0 Å². The molecule has 1 unspecified atom stereocenters. The molecule has 0 spiro atoms. The van der Waals surface area contributed by atoms with E-state index in [2.05, 4.69) is 0 Å². The number of benzene rings is 1. The number of nitrogens with two attached hydrogens (primary N) is 1. The van der Waals surface area contributed by atoms with Crippen LogP contribution in [0, 0.1) is 5.41 Å². The number of hydrogen-bond donors (Lipinski definition) is 1. The highest BCUT2D eigenvalue weighted by Gasteiger charge is 2.33. The van der Waals surface area contributed by atoms with Crippen LogP contribution in [0.25, 0.3) is 0 Å². The number of ether oxygens (including phenoxy) is 2. The van der Waals surface area contributed by atoms with Gasteiger partial charge >= 0.3 is 0 Å². The molecule has 0 bridgehead atoms. The van der Waals surface area contributed by atoms with Crippen LogP contribution in [0.15, 0.2) is 18.2 Å². The highest BCUT2D eigenvalue weighted by molar-refractivity contribution is 5.95. The molecule has 2 aliphatic rings. The van der Waals surface area contributed by atoms with Crippen LogP contribution in [0.2, 0.25) is 0 Å². The fourth-order valence-corrected chi connectivity index (χ4v) is 2.91. The Kier molecular flexibility index (Phi) is 4.60. The van der Waals surface area contributed by atoms with Crippen LogP contribution in [-0.4, -0.2) is 60.6 Å². The third-order valence-electron chi connectivity index (χ3n) is 4.70. The second-order valence-electron chi connectivity index (χ2n) is 7.53. The van der Waals surface area contributed by atoms with Crippen LogP contribution in [0.4, 0.5) is 0 Å². The molecule has 1 aromatic carbocycles. The molecule has 0 aromatic heterocycles. The molecule has 25 heavy (non-hydrogen) atoms. The Hall–Kier alpha value is -2.28. The first-order chi connectivity index (χ1) is 11.8. The second-order valence-corrected chi connectivity index (χ2v) is 7.53. The Morgan fingerprint density at radius 3 is 2.28 bits per heavy atom. The van der Waals surface area contributed by atoms with Crippen molar-refractivity contribution in [1.29, 1.82) is 0 Å².